The number of unbranched alkanes of at least 4 members (excludes halogenated alkanes) is 2. The van der Waals surface area contributed by atoms with Crippen molar-refractivity contribution < 1.29 is 14.3 Å². The fourth-order valence-corrected chi connectivity index (χ4v) is 5.52. The molecule has 2 amide bonds. The van der Waals surface area contributed by atoms with Gasteiger partial charge in [-0.1, -0.05) is 67.6 Å². The normalized spacial score (nSPS) is 14.9. The van der Waals surface area contributed by atoms with Gasteiger partial charge in [-0.15, -0.1) is 0 Å². The topological polar surface area (TPSA) is 87.3 Å². The number of nitrogens with zero attached hydrogens (tertiary/aromatic N) is 2. The number of hydrogen-bond donors (Lipinski definition) is 2. The Morgan fingerprint density at radius 3 is 2.54 bits per heavy atom. The zero-order valence-corrected chi connectivity index (χ0v) is 24.0. The van der Waals surface area contributed by atoms with Crippen molar-refractivity contribution in [3.05, 3.63) is 81.9 Å². The Kier molecular flexibility index (Phi) is 9.92. The molecule has 2 aromatic carbocycles. The Balaban J connectivity index is 1.49. The van der Waals surface area contributed by atoms with Gasteiger partial charge in [-0.3, -0.25) is 9.59 Å². The molecule has 0 bridgehead atoms. The number of rotatable bonds is 13. The zero-order valence-electron chi connectivity index (χ0n) is 22.5. The number of aromatic nitrogens is 2. The fraction of sp³-hybridized carbons (Fsp3) is 0.433. The first-order valence-electron chi connectivity index (χ1n) is 13.5. The van der Waals surface area contributed by atoms with Gasteiger partial charge in [-0.25, -0.2) is 4.98 Å². The van der Waals surface area contributed by atoms with Crippen molar-refractivity contribution >= 4 is 35.0 Å². The average Bonchev–Trinajstić information content (AvgIpc) is 3.44. The van der Waals surface area contributed by atoms with E-state index in [1.165, 1.54) is 0 Å². The molecule has 0 saturated carbocycles. The number of aromatic amines is 1. The second-order valence-corrected chi connectivity index (χ2v) is 11.1. The number of carbonyl (C=O) groups is 2. The molecule has 0 unspecified atom stereocenters. The molecule has 1 aliphatic rings. The fourth-order valence-electron chi connectivity index (χ4n) is 5.22. The molecule has 1 fully saturated rings. The molecule has 1 aromatic heterocycles. The number of ether oxygens (including phenoxy) is 1. The number of methoxy groups -OCH3 is 1. The summed E-state index contributed by atoms with van der Waals surface area (Å²) in [5, 5.41) is 4.05. The van der Waals surface area contributed by atoms with E-state index in [4.69, 9.17) is 27.9 Å². The van der Waals surface area contributed by atoms with Crippen molar-refractivity contribution in [2.45, 2.75) is 63.3 Å². The van der Waals surface area contributed by atoms with E-state index in [-0.39, 0.29) is 23.7 Å². The van der Waals surface area contributed by atoms with Gasteiger partial charge in [-0.05, 0) is 48.2 Å². The number of likely N-dealkylation sites (tertiary alicyclic amines) is 1. The minimum Gasteiger partial charge on any atom is -0.497 e. The van der Waals surface area contributed by atoms with Crippen LogP contribution < -0.4 is 10.1 Å². The molecule has 0 radical (unpaired) electrons. The third-order valence-corrected chi connectivity index (χ3v) is 8.24. The highest BCUT2D eigenvalue weighted by Gasteiger charge is 2.47. The minimum absolute atomic E-state index is 0.0770. The predicted molar refractivity (Wildman–Crippen MR) is 154 cm³/mol. The minimum atomic E-state index is -0.671. The summed E-state index contributed by atoms with van der Waals surface area (Å²) < 4.78 is 5.27. The molecule has 4 rings (SSSR count). The number of halogens is 2. The van der Waals surface area contributed by atoms with Crippen LogP contribution in [0.2, 0.25) is 10.0 Å². The first-order chi connectivity index (χ1) is 18.8. The number of amides is 2. The van der Waals surface area contributed by atoms with E-state index in [1.807, 2.05) is 47.4 Å². The maximum Gasteiger partial charge on any atom is 0.245 e. The Hall–Kier alpha value is -3.03. The lowest BCUT2D eigenvalue weighted by atomic mass is 9.70. The summed E-state index contributed by atoms with van der Waals surface area (Å²) in [6.45, 7) is 3.34. The van der Waals surface area contributed by atoms with Gasteiger partial charge in [0.25, 0.3) is 0 Å². The molecule has 0 spiro atoms. The highest BCUT2D eigenvalue weighted by molar-refractivity contribution is 6.42. The van der Waals surface area contributed by atoms with Crippen LogP contribution in [-0.4, -0.2) is 52.9 Å². The van der Waals surface area contributed by atoms with E-state index in [0.29, 0.717) is 36.0 Å². The first kappa shape index (κ1) is 29.0. The van der Waals surface area contributed by atoms with Crippen molar-refractivity contribution in [1.29, 1.82) is 0 Å². The van der Waals surface area contributed by atoms with Gasteiger partial charge in [0.15, 0.2) is 0 Å². The van der Waals surface area contributed by atoms with Gasteiger partial charge >= 0.3 is 0 Å². The lowest BCUT2D eigenvalue weighted by Gasteiger charge is -2.52. The summed E-state index contributed by atoms with van der Waals surface area (Å²) >= 11 is 12.6. The quantitative estimate of drug-likeness (QED) is 0.256. The van der Waals surface area contributed by atoms with E-state index in [0.717, 1.165) is 48.3 Å². The van der Waals surface area contributed by atoms with Gasteiger partial charge in [-0.2, -0.15) is 0 Å². The van der Waals surface area contributed by atoms with Crippen molar-refractivity contribution in [3.63, 3.8) is 0 Å². The second-order valence-electron chi connectivity index (χ2n) is 10.3. The van der Waals surface area contributed by atoms with Crippen molar-refractivity contribution in [3.8, 4) is 5.75 Å². The Morgan fingerprint density at radius 2 is 1.90 bits per heavy atom. The van der Waals surface area contributed by atoms with Crippen LogP contribution in [0.1, 0.15) is 55.8 Å². The maximum absolute atomic E-state index is 13.8. The summed E-state index contributed by atoms with van der Waals surface area (Å²) in [5.41, 5.74) is 2.76. The number of carbonyl (C=O) groups excluding carboxylic acids is 2. The molecule has 2 heterocycles. The number of aryl methyl sites for hydroxylation is 1. The van der Waals surface area contributed by atoms with E-state index in [9.17, 15) is 9.59 Å². The van der Waals surface area contributed by atoms with E-state index in [2.05, 4.69) is 22.2 Å². The van der Waals surface area contributed by atoms with E-state index >= 15 is 0 Å². The highest BCUT2D eigenvalue weighted by atomic mass is 35.5. The molecule has 3 aromatic rings. The largest absolute Gasteiger partial charge is 0.497 e. The molecule has 0 aliphatic carbocycles. The molecule has 208 valence electrons. The van der Waals surface area contributed by atoms with E-state index < -0.39 is 6.04 Å². The summed E-state index contributed by atoms with van der Waals surface area (Å²) in [5.74, 6) is 0.494. The van der Waals surface area contributed by atoms with Crippen LogP contribution in [0.15, 0.2) is 55.0 Å². The van der Waals surface area contributed by atoms with Crippen molar-refractivity contribution in [2.24, 2.45) is 0 Å². The second kappa shape index (κ2) is 13.4. The average molecular weight is 572 g/mol. The first-order valence-corrected chi connectivity index (χ1v) is 14.2. The van der Waals surface area contributed by atoms with Gasteiger partial charge < -0.3 is 19.9 Å². The molecule has 1 saturated heterocycles. The lowest BCUT2D eigenvalue weighted by molar-refractivity contribution is -0.143. The molecular weight excluding hydrogens is 535 g/mol. The SMILES string of the molecule is CCCCCC1(c2ccc(Cl)c(Cl)c2)CN(C(=O)[C@@H](Cc2ccc(OC)cc2)NC(=O)CCc2cnc[nH]2)C1. The third-order valence-electron chi connectivity index (χ3n) is 7.50. The van der Waals surface area contributed by atoms with Crippen LogP contribution in [0.3, 0.4) is 0 Å². The van der Waals surface area contributed by atoms with Crippen LogP contribution in [0.25, 0.3) is 0 Å². The number of H-pyrrole nitrogens is 1. The van der Waals surface area contributed by atoms with E-state index in [1.54, 1.807) is 19.6 Å². The van der Waals surface area contributed by atoms with Crippen LogP contribution in [0.4, 0.5) is 0 Å². The molecule has 1 atom stereocenters. The standard InChI is InChI=1S/C30H36Cl2N4O3/c1-3-4-5-14-30(22-8-12-25(31)26(32)16-22)18-36(19-30)29(38)27(15-21-6-10-24(39-2)11-7-21)35-28(37)13-9-23-17-33-20-34-23/h6-8,10-12,16-17,20,27H,3-5,9,13-15,18-19H2,1-2H3,(H,33,34)(H,35,37)/t27-/m1/s1. The van der Waals surface area contributed by atoms with Gasteiger partial charge in [0, 0.05) is 43.2 Å². The lowest BCUT2D eigenvalue weighted by Crippen LogP contribution is -2.65. The van der Waals surface area contributed by atoms with Crippen LogP contribution in [0, 0.1) is 0 Å². The van der Waals surface area contributed by atoms with Crippen LogP contribution >= 0.6 is 23.2 Å². The molecule has 2 N–H and O–H groups in total. The summed E-state index contributed by atoms with van der Waals surface area (Å²) in [6, 6.07) is 12.7. The third kappa shape index (κ3) is 7.34. The van der Waals surface area contributed by atoms with Crippen molar-refractivity contribution in [2.75, 3.05) is 20.2 Å². The predicted octanol–water partition coefficient (Wildman–Crippen LogP) is 5.75. The number of imidazole rings is 1. The van der Waals surface area contributed by atoms with Crippen molar-refractivity contribution in [1.82, 2.24) is 20.2 Å². The monoisotopic (exact) mass is 570 g/mol. The smallest absolute Gasteiger partial charge is 0.245 e. The maximum atomic E-state index is 13.8. The van der Waals surface area contributed by atoms with Crippen LogP contribution in [-0.2, 0) is 27.8 Å². The van der Waals surface area contributed by atoms with Crippen LogP contribution in [0.5, 0.6) is 5.75 Å². The highest BCUT2D eigenvalue weighted by Crippen LogP contribution is 2.41. The zero-order chi connectivity index (χ0) is 27.8. The molecule has 7 nitrogen and oxygen atoms in total. The van der Waals surface area contributed by atoms with Gasteiger partial charge in [0.2, 0.25) is 11.8 Å². The molecular formula is C30H36Cl2N4O3. The summed E-state index contributed by atoms with van der Waals surface area (Å²) in [6.07, 6.45) is 8.75. The Labute approximate surface area is 240 Å². The summed E-state index contributed by atoms with van der Waals surface area (Å²) in [4.78, 5) is 35.6. The van der Waals surface area contributed by atoms with Gasteiger partial charge in [0.1, 0.15) is 11.8 Å². The Morgan fingerprint density at radius 1 is 1.13 bits per heavy atom. The van der Waals surface area contributed by atoms with Gasteiger partial charge in [0.05, 0.1) is 23.5 Å². The number of benzene rings is 2. The number of hydrogen-bond acceptors (Lipinski definition) is 4. The summed E-state index contributed by atoms with van der Waals surface area (Å²) in [7, 11) is 1.62. The number of nitrogens with one attached hydrogen (secondary N) is 2. The molecule has 9 heteroatoms. The molecule has 39 heavy (non-hydrogen) atoms. The molecule has 1 aliphatic heterocycles. The Bertz CT molecular complexity index is 1240.